The van der Waals surface area contributed by atoms with Crippen molar-refractivity contribution in [3.05, 3.63) is 29.1 Å². The van der Waals surface area contributed by atoms with Crippen LogP contribution in [0.1, 0.15) is 36.6 Å². The molecule has 12 heavy (non-hydrogen) atoms. The van der Waals surface area contributed by atoms with E-state index in [2.05, 4.69) is 30.3 Å². The second kappa shape index (κ2) is 3.18. The van der Waals surface area contributed by atoms with E-state index in [0.29, 0.717) is 0 Å². The number of rotatable bonds is 2. The van der Waals surface area contributed by atoms with Crippen LogP contribution in [0.3, 0.4) is 0 Å². The van der Waals surface area contributed by atoms with Gasteiger partial charge in [-0.15, -0.1) is 0 Å². The fraction of sp³-hybridized carbons (Fsp3) is 0.455. The normalized spacial score (nSPS) is 14.8. The molecule has 0 amide bonds. The summed E-state index contributed by atoms with van der Waals surface area (Å²) in [6.07, 6.45) is 11.5. The van der Waals surface area contributed by atoms with Gasteiger partial charge in [-0.3, -0.25) is 0 Å². The summed E-state index contributed by atoms with van der Waals surface area (Å²) < 4.78 is 0. The third-order valence-corrected chi connectivity index (χ3v) is 2.46. The summed E-state index contributed by atoms with van der Waals surface area (Å²) in [5.74, 6) is 0. The Bertz CT molecular complexity index is 294. The molecule has 1 heteroatoms. The Kier molecular flexibility index (Phi) is 2.03. The second-order valence-corrected chi connectivity index (χ2v) is 3.40. The molecule has 64 valence electrons. The predicted molar refractivity (Wildman–Crippen MR) is 52.1 cm³/mol. The van der Waals surface area contributed by atoms with E-state index in [1.54, 1.807) is 0 Å². The largest absolute Gasteiger partial charge is 0.364 e. The summed E-state index contributed by atoms with van der Waals surface area (Å²) in [5.41, 5.74) is 4.38. The van der Waals surface area contributed by atoms with E-state index in [4.69, 9.17) is 0 Å². The van der Waals surface area contributed by atoms with Crippen molar-refractivity contribution < 1.29 is 0 Å². The standard InChI is InChI=1S/C11H15N/c1-2-5-9-8-12-11-7-4-3-6-10(9)11/h3,6,8,12H,2,4-5,7H2,1H3. The fourth-order valence-corrected chi connectivity index (χ4v) is 1.84. The molecule has 1 aromatic rings. The molecule has 0 aromatic carbocycles. The van der Waals surface area contributed by atoms with Crippen LogP contribution in [0.15, 0.2) is 12.3 Å². The Labute approximate surface area is 73.5 Å². The number of aromatic amines is 1. The van der Waals surface area contributed by atoms with Crippen molar-refractivity contribution in [3.63, 3.8) is 0 Å². The minimum Gasteiger partial charge on any atom is -0.364 e. The first-order valence-corrected chi connectivity index (χ1v) is 4.77. The van der Waals surface area contributed by atoms with Crippen molar-refractivity contribution in [2.45, 2.75) is 32.6 Å². The van der Waals surface area contributed by atoms with Gasteiger partial charge in [-0.1, -0.05) is 25.5 Å². The number of hydrogen-bond acceptors (Lipinski definition) is 0. The van der Waals surface area contributed by atoms with Crippen LogP contribution in [-0.2, 0) is 12.8 Å². The minimum atomic E-state index is 1.19. The predicted octanol–water partition coefficient (Wildman–Crippen LogP) is 2.93. The van der Waals surface area contributed by atoms with E-state index in [1.165, 1.54) is 42.5 Å². The van der Waals surface area contributed by atoms with E-state index in [1.807, 2.05) is 0 Å². The molecule has 0 atom stereocenters. The number of H-pyrrole nitrogens is 1. The molecule has 0 unspecified atom stereocenters. The zero-order chi connectivity index (χ0) is 8.39. The van der Waals surface area contributed by atoms with Crippen molar-refractivity contribution in [3.8, 4) is 0 Å². The molecule has 0 fully saturated rings. The van der Waals surface area contributed by atoms with E-state index >= 15 is 0 Å². The highest BCUT2D eigenvalue weighted by Crippen LogP contribution is 2.22. The van der Waals surface area contributed by atoms with Gasteiger partial charge >= 0.3 is 0 Å². The number of allylic oxidation sites excluding steroid dienone is 1. The zero-order valence-corrected chi connectivity index (χ0v) is 7.56. The van der Waals surface area contributed by atoms with Crippen LogP contribution >= 0.6 is 0 Å². The average molecular weight is 161 g/mol. The highest BCUT2D eigenvalue weighted by atomic mass is 14.7. The fourth-order valence-electron chi connectivity index (χ4n) is 1.84. The summed E-state index contributed by atoms with van der Waals surface area (Å²) in [6, 6.07) is 0. The number of nitrogens with one attached hydrogen (secondary N) is 1. The van der Waals surface area contributed by atoms with Crippen molar-refractivity contribution in [2.75, 3.05) is 0 Å². The Hall–Kier alpha value is -0.980. The van der Waals surface area contributed by atoms with Crippen LogP contribution in [0.4, 0.5) is 0 Å². The van der Waals surface area contributed by atoms with Gasteiger partial charge in [0, 0.05) is 11.9 Å². The van der Waals surface area contributed by atoms with E-state index in [-0.39, 0.29) is 0 Å². The highest BCUT2D eigenvalue weighted by Gasteiger charge is 2.09. The lowest BCUT2D eigenvalue weighted by molar-refractivity contribution is 0.916. The molecule has 2 rings (SSSR count). The summed E-state index contributed by atoms with van der Waals surface area (Å²) in [5, 5.41) is 0. The molecule has 1 N–H and O–H groups in total. The van der Waals surface area contributed by atoms with E-state index in [9.17, 15) is 0 Å². The maximum atomic E-state index is 3.36. The van der Waals surface area contributed by atoms with E-state index in [0.717, 1.165) is 0 Å². The Morgan fingerprint density at radius 1 is 1.50 bits per heavy atom. The number of hydrogen-bond donors (Lipinski definition) is 1. The first-order chi connectivity index (χ1) is 5.92. The maximum absolute atomic E-state index is 3.36. The molecule has 1 aliphatic rings. The van der Waals surface area contributed by atoms with Gasteiger partial charge in [-0.05, 0) is 30.4 Å². The van der Waals surface area contributed by atoms with Gasteiger partial charge in [0.1, 0.15) is 0 Å². The van der Waals surface area contributed by atoms with Gasteiger partial charge in [0.15, 0.2) is 0 Å². The molecule has 1 nitrogen and oxygen atoms in total. The van der Waals surface area contributed by atoms with Crippen molar-refractivity contribution in [1.29, 1.82) is 0 Å². The molecule has 0 saturated carbocycles. The SMILES string of the molecule is CCCc1c[nH]c2c1C=CCC2. The molecule has 1 aliphatic carbocycles. The Morgan fingerprint density at radius 2 is 2.42 bits per heavy atom. The maximum Gasteiger partial charge on any atom is 0.0226 e. The first kappa shape index (κ1) is 7.66. The van der Waals surface area contributed by atoms with Crippen molar-refractivity contribution in [2.24, 2.45) is 0 Å². The number of aryl methyl sites for hydroxylation is 2. The van der Waals surface area contributed by atoms with Crippen LogP contribution in [-0.4, -0.2) is 4.98 Å². The quantitative estimate of drug-likeness (QED) is 0.686. The monoisotopic (exact) mass is 161 g/mol. The molecule has 0 bridgehead atoms. The van der Waals surface area contributed by atoms with Crippen LogP contribution in [0.25, 0.3) is 6.08 Å². The topological polar surface area (TPSA) is 15.8 Å². The molecule has 1 aromatic heterocycles. The Balaban J connectivity index is 2.34. The van der Waals surface area contributed by atoms with Crippen molar-refractivity contribution >= 4 is 6.08 Å². The number of fused-ring (bicyclic) bond motifs is 1. The lowest BCUT2D eigenvalue weighted by Gasteiger charge is -2.05. The summed E-state index contributed by atoms with van der Waals surface area (Å²) in [6.45, 7) is 2.23. The Morgan fingerprint density at radius 3 is 3.25 bits per heavy atom. The highest BCUT2D eigenvalue weighted by molar-refractivity contribution is 5.58. The van der Waals surface area contributed by atoms with Crippen LogP contribution in [0.5, 0.6) is 0 Å². The lowest BCUT2D eigenvalue weighted by atomic mass is 10.00. The van der Waals surface area contributed by atoms with Gasteiger partial charge in [-0.2, -0.15) is 0 Å². The van der Waals surface area contributed by atoms with Gasteiger partial charge in [0.05, 0.1) is 0 Å². The van der Waals surface area contributed by atoms with Crippen LogP contribution < -0.4 is 0 Å². The third-order valence-electron chi connectivity index (χ3n) is 2.46. The zero-order valence-electron chi connectivity index (χ0n) is 7.56. The smallest absolute Gasteiger partial charge is 0.0226 e. The molecular formula is C11H15N. The van der Waals surface area contributed by atoms with Crippen molar-refractivity contribution in [1.82, 2.24) is 4.98 Å². The average Bonchev–Trinajstić information content (AvgIpc) is 2.50. The molecule has 0 radical (unpaired) electrons. The summed E-state index contributed by atoms with van der Waals surface area (Å²) >= 11 is 0. The van der Waals surface area contributed by atoms with Gasteiger partial charge in [0.2, 0.25) is 0 Å². The minimum absolute atomic E-state index is 1.19. The molecule has 0 aliphatic heterocycles. The summed E-state index contributed by atoms with van der Waals surface area (Å²) in [4.78, 5) is 3.36. The third kappa shape index (κ3) is 1.20. The lowest BCUT2D eigenvalue weighted by Crippen LogP contribution is -1.93. The summed E-state index contributed by atoms with van der Waals surface area (Å²) in [7, 11) is 0. The molecule has 0 saturated heterocycles. The second-order valence-electron chi connectivity index (χ2n) is 3.40. The van der Waals surface area contributed by atoms with Gasteiger partial charge in [-0.25, -0.2) is 0 Å². The molecular weight excluding hydrogens is 146 g/mol. The molecule has 1 heterocycles. The van der Waals surface area contributed by atoms with Crippen LogP contribution in [0.2, 0.25) is 0 Å². The van der Waals surface area contributed by atoms with Crippen LogP contribution in [0, 0.1) is 0 Å². The molecule has 0 spiro atoms. The van der Waals surface area contributed by atoms with Gasteiger partial charge in [0.25, 0.3) is 0 Å². The first-order valence-electron chi connectivity index (χ1n) is 4.77. The number of aromatic nitrogens is 1. The van der Waals surface area contributed by atoms with E-state index < -0.39 is 0 Å². The van der Waals surface area contributed by atoms with Gasteiger partial charge < -0.3 is 4.98 Å².